The van der Waals surface area contributed by atoms with Gasteiger partial charge in [-0.25, -0.2) is 9.50 Å². The number of fused-ring (bicyclic) bond motifs is 1. The fourth-order valence-electron chi connectivity index (χ4n) is 5.15. The van der Waals surface area contributed by atoms with Gasteiger partial charge in [0, 0.05) is 54.3 Å². The standard InChI is InChI=1S/C30H38N8O2/c1-6-33-21(5)15-30(36-29(39)27(32)20(3)4)10-12-37(13-11-30)26-9-8-22(17-34-26)25-14-24(40-7-2)19-38-28(25)23(16-31)18-35-38/h6,8-9,14,17-20,27H,5,7,10-13,15,32H2,1-4H3,(H,36,39)/t27-/m0/s1. The Kier molecular flexibility index (Phi) is 8.85. The molecule has 0 bridgehead atoms. The molecule has 1 amide bonds. The predicted octanol–water partition coefficient (Wildman–Crippen LogP) is 4.10. The van der Waals surface area contributed by atoms with Gasteiger partial charge >= 0.3 is 0 Å². The van der Waals surface area contributed by atoms with Crippen LogP contribution in [0.15, 0.2) is 54.1 Å². The number of carbonyl (C=O) groups excluding carboxylic acids is 1. The van der Waals surface area contributed by atoms with E-state index >= 15 is 0 Å². The molecule has 1 atom stereocenters. The lowest BCUT2D eigenvalue weighted by molar-refractivity contribution is -0.125. The summed E-state index contributed by atoms with van der Waals surface area (Å²) >= 11 is 0. The first kappa shape index (κ1) is 28.8. The van der Waals surface area contributed by atoms with Crippen LogP contribution in [0.5, 0.6) is 5.75 Å². The van der Waals surface area contributed by atoms with Crippen molar-refractivity contribution < 1.29 is 9.53 Å². The van der Waals surface area contributed by atoms with E-state index in [1.54, 1.807) is 23.1 Å². The maximum Gasteiger partial charge on any atom is 0.237 e. The minimum Gasteiger partial charge on any atom is -0.492 e. The number of aromatic nitrogens is 3. The van der Waals surface area contributed by atoms with Crippen molar-refractivity contribution in [3.8, 4) is 22.9 Å². The third-order valence-electron chi connectivity index (χ3n) is 7.39. The van der Waals surface area contributed by atoms with Crippen molar-refractivity contribution >= 4 is 23.5 Å². The largest absolute Gasteiger partial charge is 0.492 e. The van der Waals surface area contributed by atoms with Crippen LogP contribution in [-0.4, -0.2) is 58.0 Å². The second kappa shape index (κ2) is 12.3. The molecule has 10 heteroatoms. The number of amides is 1. The molecule has 0 radical (unpaired) electrons. The highest BCUT2D eigenvalue weighted by Gasteiger charge is 2.38. The van der Waals surface area contributed by atoms with Crippen LogP contribution in [0, 0.1) is 17.2 Å². The Bertz CT molecular complexity index is 1430. The first-order chi connectivity index (χ1) is 19.2. The first-order valence-corrected chi connectivity index (χ1v) is 13.7. The molecular formula is C30H38N8O2. The highest BCUT2D eigenvalue weighted by atomic mass is 16.5. The van der Waals surface area contributed by atoms with Crippen molar-refractivity contribution in [1.82, 2.24) is 19.9 Å². The van der Waals surface area contributed by atoms with E-state index in [0.717, 1.165) is 22.6 Å². The minimum absolute atomic E-state index is 0.0407. The monoisotopic (exact) mass is 542 g/mol. The van der Waals surface area contributed by atoms with Gasteiger partial charge in [-0.3, -0.25) is 9.79 Å². The number of nitrogens with zero attached hydrogens (tertiary/aromatic N) is 6. The molecule has 3 N–H and O–H groups in total. The van der Waals surface area contributed by atoms with Crippen molar-refractivity contribution in [2.24, 2.45) is 16.6 Å². The molecule has 40 heavy (non-hydrogen) atoms. The van der Waals surface area contributed by atoms with Crippen molar-refractivity contribution in [3.05, 3.63) is 54.6 Å². The number of pyridine rings is 2. The number of ether oxygens (including phenoxy) is 1. The van der Waals surface area contributed by atoms with Crippen LogP contribution >= 0.6 is 0 Å². The van der Waals surface area contributed by atoms with Gasteiger partial charge in [0.1, 0.15) is 17.6 Å². The van der Waals surface area contributed by atoms with Gasteiger partial charge in [0.15, 0.2) is 0 Å². The summed E-state index contributed by atoms with van der Waals surface area (Å²) in [6.45, 7) is 13.7. The van der Waals surface area contributed by atoms with Crippen LogP contribution in [0.4, 0.5) is 5.82 Å². The molecule has 0 aliphatic carbocycles. The van der Waals surface area contributed by atoms with Gasteiger partial charge in [0.2, 0.25) is 5.91 Å². The van der Waals surface area contributed by atoms with Crippen molar-refractivity contribution in [3.63, 3.8) is 0 Å². The van der Waals surface area contributed by atoms with Crippen molar-refractivity contribution in [2.45, 2.75) is 58.5 Å². The van der Waals surface area contributed by atoms with E-state index in [0.29, 0.717) is 55.8 Å². The smallest absolute Gasteiger partial charge is 0.237 e. The van der Waals surface area contributed by atoms with Gasteiger partial charge in [-0.05, 0) is 50.8 Å². The van der Waals surface area contributed by atoms with E-state index in [1.807, 2.05) is 52.1 Å². The molecule has 210 valence electrons. The second-order valence-electron chi connectivity index (χ2n) is 10.5. The van der Waals surface area contributed by atoms with Gasteiger partial charge in [0.05, 0.1) is 36.1 Å². The molecule has 4 rings (SSSR count). The molecule has 3 aromatic heterocycles. The summed E-state index contributed by atoms with van der Waals surface area (Å²) in [5.41, 5.74) is 9.32. The Hall–Kier alpha value is -4.23. The Balaban J connectivity index is 1.55. The SMILES string of the molecule is C=C(CC1(NC(=O)[C@@H](N)C(C)C)CCN(c2ccc(-c3cc(OCC)cn4ncc(C#N)c34)cn2)CC1)N=CC. The van der Waals surface area contributed by atoms with Crippen LogP contribution in [0.25, 0.3) is 16.6 Å². The molecule has 0 saturated carbocycles. The first-order valence-electron chi connectivity index (χ1n) is 13.7. The summed E-state index contributed by atoms with van der Waals surface area (Å²) in [7, 11) is 0. The van der Waals surface area contributed by atoms with E-state index in [1.165, 1.54) is 0 Å². The summed E-state index contributed by atoms with van der Waals surface area (Å²) in [6.07, 6.45) is 8.86. The van der Waals surface area contributed by atoms with Gasteiger partial charge in [-0.2, -0.15) is 10.4 Å². The Labute approximate surface area is 235 Å². The molecule has 0 aromatic carbocycles. The van der Waals surface area contributed by atoms with E-state index < -0.39 is 11.6 Å². The highest BCUT2D eigenvalue weighted by Crippen LogP contribution is 2.34. The number of nitrogens with two attached hydrogens (primary N) is 1. The molecule has 1 fully saturated rings. The summed E-state index contributed by atoms with van der Waals surface area (Å²) in [4.78, 5) is 24.3. The number of nitriles is 1. The zero-order valence-corrected chi connectivity index (χ0v) is 23.7. The van der Waals surface area contributed by atoms with Crippen LogP contribution in [0.2, 0.25) is 0 Å². The maximum atomic E-state index is 12.9. The number of nitrogens with one attached hydrogen (secondary N) is 1. The average Bonchev–Trinajstić information content (AvgIpc) is 3.36. The normalized spacial score (nSPS) is 15.8. The zero-order chi connectivity index (χ0) is 28.9. The van der Waals surface area contributed by atoms with Crippen LogP contribution < -0.4 is 20.7 Å². The third kappa shape index (κ3) is 6.15. The summed E-state index contributed by atoms with van der Waals surface area (Å²) in [5, 5.41) is 17.2. The lowest BCUT2D eigenvalue weighted by atomic mass is 9.82. The van der Waals surface area contributed by atoms with E-state index in [4.69, 9.17) is 15.5 Å². The number of carbonyl (C=O) groups is 1. The summed E-state index contributed by atoms with van der Waals surface area (Å²) in [5.74, 6) is 1.41. The molecule has 0 spiro atoms. The van der Waals surface area contributed by atoms with E-state index in [-0.39, 0.29) is 11.8 Å². The molecule has 1 aliphatic rings. The molecule has 4 heterocycles. The zero-order valence-electron chi connectivity index (χ0n) is 23.7. The average molecular weight is 543 g/mol. The number of rotatable bonds is 10. The highest BCUT2D eigenvalue weighted by molar-refractivity contribution is 5.85. The van der Waals surface area contributed by atoms with Gasteiger partial charge in [-0.15, -0.1) is 0 Å². The number of hydrogen-bond acceptors (Lipinski definition) is 8. The Morgan fingerprint density at radius 3 is 2.70 bits per heavy atom. The van der Waals surface area contributed by atoms with Gasteiger partial charge in [-0.1, -0.05) is 20.4 Å². The summed E-state index contributed by atoms with van der Waals surface area (Å²) in [6, 6.07) is 7.57. The second-order valence-corrected chi connectivity index (χ2v) is 10.5. The van der Waals surface area contributed by atoms with Crippen LogP contribution in [0.1, 0.15) is 52.5 Å². The number of hydrogen-bond donors (Lipinski definition) is 2. The quantitative estimate of drug-likeness (QED) is 0.368. The Morgan fingerprint density at radius 1 is 1.35 bits per heavy atom. The van der Waals surface area contributed by atoms with E-state index in [9.17, 15) is 10.1 Å². The number of aliphatic imine (C=N–C) groups is 1. The minimum atomic E-state index is -0.572. The lowest BCUT2D eigenvalue weighted by Gasteiger charge is -2.43. The number of piperidine rings is 1. The maximum absolute atomic E-state index is 12.9. The molecular weight excluding hydrogens is 504 g/mol. The van der Waals surface area contributed by atoms with Crippen LogP contribution in [0.3, 0.4) is 0 Å². The Morgan fingerprint density at radius 2 is 2.10 bits per heavy atom. The summed E-state index contributed by atoms with van der Waals surface area (Å²) < 4.78 is 7.40. The molecule has 3 aromatic rings. The molecule has 1 saturated heterocycles. The number of anilines is 1. The predicted molar refractivity (Wildman–Crippen MR) is 157 cm³/mol. The van der Waals surface area contributed by atoms with Crippen LogP contribution in [-0.2, 0) is 4.79 Å². The fourth-order valence-corrected chi connectivity index (χ4v) is 5.15. The molecule has 1 aliphatic heterocycles. The van der Waals surface area contributed by atoms with Gasteiger partial charge < -0.3 is 20.7 Å². The molecule has 10 nitrogen and oxygen atoms in total. The van der Waals surface area contributed by atoms with Crippen molar-refractivity contribution in [2.75, 3.05) is 24.6 Å². The molecule has 0 unspecified atom stereocenters. The third-order valence-corrected chi connectivity index (χ3v) is 7.39. The van der Waals surface area contributed by atoms with E-state index in [2.05, 4.69) is 33.0 Å². The fraction of sp³-hybridized carbons (Fsp3) is 0.433. The van der Waals surface area contributed by atoms with Crippen molar-refractivity contribution in [1.29, 1.82) is 5.26 Å². The topological polar surface area (TPSA) is 134 Å². The van der Waals surface area contributed by atoms with Gasteiger partial charge in [0.25, 0.3) is 0 Å². The lowest BCUT2D eigenvalue weighted by Crippen LogP contribution is -2.59.